The van der Waals surface area contributed by atoms with Gasteiger partial charge in [0.05, 0.1) is 13.2 Å². The van der Waals surface area contributed by atoms with E-state index in [1.54, 1.807) is 0 Å². The molecule has 18 heteroatoms. The standard InChI is InChI=1S/C8H13N5O4.C8H12N4O5/c9-6(10)7-11-2-13(12-7)8-5(16)4(15)3(1-14)17-8;9-6(16)7-10-2-12(11-7)8-5(15)4(14)3(1-13)17-8/h2-5,8,14-16H,1H2,(H3,9,10);2-5,8,13-15H,1H2,(H2,9,16). The Balaban J connectivity index is 0.000000191. The Morgan fingerprint density at radius 1 is 0.853 bits per heavy atom. The largest absolute Gasteiger partial charge is 0.394 e. The van der Waals surface area contributed by atoms with Crippen molar-refractivity contribution in [3.05, 3.63) is 24.3 Å². The molecule has 4 rings (SSSR count). The van der Waals surface area contributed by atoms with Crippen LogP contribution in [0.4, 0.5) is 0 Å². The minimum Gasteiger partial charge on any atom is -0.394 e. The number of hydrogen-bond acceptors (Lipinski definition) is 14. The Morgan fingerprint density at radius 3 is 1.56 bits per heavy atom. The van der Waals surface area contributed by atoms with Crippen LogP contribution in [0.25, 0.3) is 0 Å². The summed E-state index contributed by atoms with van der Waals surface area (Å²) < 4.78 is 12.6. The topological polar surface area (TPSA) is 294 Å². The Hall–Kier alpha value is -3.10. The molecule has 188 valence electrons. The Morgan fingerprint density at radius 2 is 1.26 bits per heavy atom. The average Bonchev–Trinajstić information content (AvgIpc) is 3.58. The highest BCUT2D eigenvalue weighted by atomic mass is 16.6. The third-order valence-electron chi connectivity index (χ3n) is 5.03. The van der Waals surface area contributed by atoms with E-state index in [0.29, 0.717) is 0 Å². The molecular formula is C16H25N9O9. The predicted octanol–water partition coefficient (Wildman–Crippen LogP) is -5.84. The fourth-order valence-electron chi connectivity index (χ4n) is 3.23. The fourth-order valence-corrected chi connectivity index (χ4v) is 3.23. The van der Waals surface area contributed by atoms with Gasteiger partial charge in [-0.25, -0.2) is 19.3 Å². The SMILES string of the molecule is N=C(N)c1ncn(C2OC(CO)C(O)C2O)n1.NC(=O)c1ncn(C2OC(CO)C(O)C2O)n1. The van der Waals surface area contributed by atoms with Crippen LogP contribution in [0.5, 0.6) is 0 Å². The predicted molar refractivity (Wildman–Crippen MR) is 106 cm³/mol. The number of rotatable bonds is 6. The lowest BCUT2D eigenvalue weighted by molar-refractivity contribution is -0.0588. The second-order valence-corrected chi connectivity index (χ2v) is 7.33. The lowest BCUT2D eigenvalue weighted by atomic mass is 10.1. The van der Waals surface area contributed by atoms with Crippen molar-refractivity contribution in [1.82, 2.24) is 29.5 Å². The normalized spacial score (nSPS) is 32.9. The summed E-state index contributed by atoms with van der Waals surface area (Å²) in [5.74, 6) is -1.34. The van der Waals surface area contributed by atoms with E-state index in [0.717, 1.165) is 15.7 Å². The van der Waals surface area contributed by atoms with Crippen molar-refractivity contribution < 1.29 is 44.9 Å². The zero-order chi connectivity index (χ0) is 25.2. The summed E-state index contributed by atoms with van der Waals surface area (Å²) in [6, 6.07) is 0. The number of aliphatic hydroxyl groups excluding tert-OH is 6. The number of amides is 1. The van der Waals surface area contributed by atoms with E-state index >= 15 is 0 Å². The summed E-state index contributed by atoms with van der Waals surface area (Å²) in [6.07, 6.45) is -6.29. The number of aromatic nitrogens is 6. The van der Waals surface area contributed by atoms with Gasteiger partial charge in [-0.2, -0.15) is 0 Å². The molecule has 8 atom stereocenters. The van der Waals surface area contributed by atoms with Crippen LogP contribution in [-0.2, 0) is 9.47 Å². The summed E-state index contributed by atoms with van der Waals surface area (Å²) in [7, 11) is 0. The molecule has 0 bridgehead atoms. The van der Waals surface area contributed by atoms with Crippen molar-refractivity contribution in [2.45, 2.75) is 49.1 Å². The van der Waals surface area contributed by atoms with Gasteiger partial charge >= 0.3 is 0 Å². The minimum absolute atomic E-state index is 0.00254. The molecule has 0 saturated carbocycles. The zero-order valence-corrected chi connectivity index (χ0v) is 17.4. The fraction of sp³-hybridized carbons (Fsp3) is 0.625. The van der Waals surface area contributed by atoms with Gasteiger partial charge in [-0.05, 0) is 0 Å². The van der Waals surface area contributed by atoms with Crippen molar-refractivity contribution in [3.63, 3.8) is 0 Å². The number of amidine groups is 1. The second-order valence-electron chi connectivity index (χ2n) is 7.33. The van der Waals surface area contributed by atoms with Gasteiger partial charge < -0.3 is 51.6 Å². The maximum absolute atomic E-state index is 10.8. The molecule has 34 heavy (non-hydrogen) atoms. The number of carbonyl (C=O) groups is 1. The molecule has 0 radical (unpaired) electrons. The quantitative estimate of drug-likeness (QED) is 0.135. The van der Waals surface area contributed by atoms with Gasteiger partial charge in [-0.3, -0.25) is 10.2 Å². The molecule has 4 heterocycles. The molecule has 2 saturated heterocycles. The third-order valence-corrected chi connectivity index (χ3v) is 5.03. The molecule has 2 aromatic heterocycles. The summed E-state index contributed by atoms with van der Waals surface area (Å²) in [6.45, 7) is -0.852. The molecule has 2 aliphatic rings. The Labute approximate surface area is 190 Å². The number of nitrogen functional groups attached to an aromatic ring is 1. The third kappa shape index (κ3) is 5.03. The van der Waals surface area contributed by atoms with E-state index in [1.165, 1.54) is 6.33 Å². The molecular weight excluding hydrogens is 462 g/mol. The number of ether oxygens (including phenoxy) is 2. The smallest absolute Gasteiger partial charge is 0.288 e. The highest BCUT2D eigenvalue weighted by Crippen LogP contribution is 2.29. The first kappa shape index (κ1) is 25.5. The number of nitrogens with two attached hydrogens (primary N) is 2. The summed E-state index contributed by atoms with van der Waals surface area (Å²) in [5, 5.41) is 70.9. The minimum atomic E-state index is -1.27. The van der Waals surface area contributed by atoms with Gasteiger partial charge in [-0.1, -0.05) is 0 Å². The van der Waals surface area contributed by atoms with E-state index in [9.17, 15) is 25.2 Å². The van der Waals surface area contributed by atoms with Gasteiger partial charge in [-0.15, -0.1) is 10.2 Å². The number of carbonyl (C=O) groups excluding carboxylic acids is 1. The molecule has 0 spiro atoms. The van der Waals surface area contributed by atoms with Gasteiger partial charge in [0.1, 0.15) is 49.3 Å². The van der Waals surface area contributed by atoms with Crippen LogP contribution in [0.1, 0.15) is 28.9 Å². The Bertz CT molecular complexity index is 922. The first-order chi connectivity index (χ1) is 16.1. The number of primary amides is 1. The van der Waals surface area contributed by atoms with E-state index in [-0.39, 0.29) is 17.5 Å². The lowest BCUT2D eigenvalue weighted by Crippen LogP contribution is -2.33. The molecule has 2 aliphatic heterocycles. The Kier molecular flexibility index (Phi) is 7.84. The molecule has 0 aromatic carbocycles. The molecule has 2 aromatic rings. The average molecular weight is 487 g/mol. The first-order valence-electron chi connectivity index (χ1n) is 9.80. The molecule has 2 fully saturated rings. The molecule has 1 amide bonds. The summed E-state index contributed by atoms with van der Waals surface area (Å²) in [5.41, 5.74) is 10.2. The van der Waals surface area contributed by atoms with Crippen LogP contribution in [-0.4, -0.2) is 122 Å². The van der Waals surface area contributed by atoms with E-state index in [4.69, 9.17) is 36.6 Å². The summed E-state index contributed by atoms with van der Waals surface area (Å²) in [4.78, 5) is 18.1. The molecule has 8 unspecified atom stereocenters. The van der Waals surface area contributed by atoms with E-state index in [2.05, 4.69) is 20.2 Å². The number of hydrogen-bond donors (Lipinski definition) is 9. The highest BCUT2D eigenvalue weighted by Gasteiger charge is 2.45. The zero-order valence-electron chi connectivity index (χ0n) is 17.4. The highest BCUT2D eigenvalue weighted by molar-refractivity contribution is 5.90. The van der Waals surface area contributed by atoms with Crippen molar-refractivity contribution in [1.29, 1.82) is 5.41 Å². The summed E-state index contributed by atoms with van der Waals surface area (Å²) >= 11 is 0. The van der Waals surface area contributed by atoms with E-state index < -0.39 is 68.2 Å². The van der Waals surface area contributed by atoms with Crippen molar-refractivity contribution in [2.24, 2.45) is 11.5 Å². The second kappa shape index (κ2) is 10.4. The first-order valence-corrected chi connectivity index (χ1v) is 9.80. The van der Waals surface area contributed by atoms with Gasteiger partial charge in [0, 0.05) is 0 Å². The van der Waals surface area contributed by atoms with Gasteiger partial charge in [0.25, 0.3) is 5.91 Å². The number of nitrogens with one attached hydrogen (secondary N) is 1. The number of aliphatic hydroxyl groups is 6. The van der Waals surface area contributed by atoms with Crippen LogP contribution in [0.2, 0.25) is 0 Å². The van der Waals surface area contributed by atoms with E-state index in [1.807, 2.05) is 0 Å². The number of nitrogens with zero attached hydrogens (tertiary/aromatic N) is 6. The maximum Gasteiger partial charge on any atom is 0.288 e. The molecule has 18 nitrogen and oxygen atoms in total. The van der Waals surface area contributed by atoms with Crippen molar-refractivity contribution in [3.8, 4) is 0 Å². The van der Waals surface area contributed by atoms with Crippen LogP contribution in [0, 0.1) is 5.41 Å². The van der Waals surface area contributed by atoms with Crippen molar-refractivity contribution >= 4 is 11.7 Å². The lowest BCUT2D eigenvalue weighted by Gasteiger charge is -2.13. The van der Waals surface area contributed by atoms with Crippen LogP contribution in [0.15, 0.2) is 12.7 Å². The van der Waals surface area contributed by atoms with Gasteiger partial charge in [0.2, 0.25) is 11.6 Å². The van der Waals surface area contributed by atoms with Crippen molar-refractivity contribution in [2.75, 3.05) is 13.2 Å². The maximum atomic E-state index is 10.8. The van der Waals surface area contributed by atoms with Crippen LogP contribution >= 0.6 is 0 Å². The van der Waals surface area contributed by atoms with Gasteiger partial charge in [0.15, 0.2) is 18.3 Å². The monoisotopic (exact) mass is 487 g/mol. The van der Waals surface area contributed by atoms with Crippen LogP contribution < -0.4 is 11.5 Å². The molecule has 11 N–H and O–H groups in total. The van der Waals surface area contributed by atoms with Crippen LogP contribution in [0.3, 0.4) is 0 Å². The molecule has 0 aliphatic carbocycles.